The topological polar surface area (TPSA) is 46.3 Å². The number of carbonyl (C=O) groups excluding carboxylic acids is 1. The van der Waals surface area contributed by atoms with Gasteiger partial charge in [-0.15, -0.1) is 11.8 Å². The van der Waals surface area contributed by atoms with Crippen LogP contribution in [0.25, 0.3) is 0 Å². The second-order valence-corrected chi connectivity index (χ2v) is 7.20. The third-order valence-corrected chi connectivity index (χ3v) is 5.37. The largest absolute Gasteiger partial charge is 0.399 e. The Morgan fingerprint density at radius 1 is 1.58 bits per heavy atom. The minimum atomic E-state index is -0.276. The molecular weight excluding hydrogens is 280 g/mol. The van der Waals surface area contributed by atoms with E-state index in [9.17, 15) is 4.79 Å². The van der Waals surface area contributed by atoms with Crippen molar-refractivity contribution in [3.63, 3.8) is 0 Å². The fourth-order valence-corrected chi connectivity index (χ4v) is 3.88. The molecule has 1 aromatic rings. The molecule has 0 saturated carbocycles. The van der Waals surface area contributed by atoms with Gasteiger partial charge in [0, 0.05) is 24.3 Å². The van der Waals surface area contributed by atoms with Crippen LogP contribution in [-0.4, -0.2) is 28.4 Å². The van der Waals surface area contributed by atoms with Gasteiger partial charge in [-0.05, 0) is 49.3 Å². The second kappa shape index (κ2) is 5.63. The fraction of sp³-hybridized carbons (Fsp3) is 0.500. The third kappa shape index (κ3) is 3.18. The lowest BCUT2D eigenvalue weighted by Gasteiger charge is -2.28. The number of amides is 1. The average Bonchev–Trinajstić information content (AvgIpc) is 2.81. The zero-order chi connectivity index (χ0) is 14.0. The number of nitrogen functional groups attached to an aromatic ring is 1. The number of rotatable bonds is 3. The molecule has 0 aromatic heterocycles. The molecule has 3 nitrogen and oxygen atoms in total. The molecule has 1 heterocycles. The first-order valence-corrected chi connectivity index (χ1v) is 7.72. The van der Waals surface area contributed by atoms with E-state index < -0.39 is 0 Å². The summed E-state index contributed by atoms with van der Waals surface area (Å²) in [5.74, 6) is 1.24. The van der Waals surface area contributed by atoms with E-state index in [1.165, 1.54) is 0 Å². The van der Waals surface area contributed by atoms with Crippen LogP contribution in [0.5, 0.6) is 0 Å². The molecule has 1 saturated heterocycles. The summed E-state index contributed by atoms with van der Waals surface area (Å²) in [7, 11) is 1.83. The van der Waals surface area contributed by atoms with E-state index in [1.54, 1.807) is 28.8 Å². The van der Waals surface area contributed by atoms with Gasteiger partial charge in [0.15, 0.2) is 0 Å². The maximum absolute atomic E-state index is 12.5. The Morgan fingerprint density at radius 2 is 2.32 bits per heavy atom. The first-order chi connectivity index (χ1) is 8.92. The lowest BCUT2D eigenvalue weighted by Crippen LogP contribution is -2.41. The summed E-state index contributed by atoms with van der Waals surface area (Å²) < 4.78 is -0.276. The van der Waals surface area contributed by atoms with E-state index in [4.69, 9.17) is 17.3 Å². The summed E-state index contributed by atoms with van der Waals surface area (Å²) >= 11 is 7.89. The van der Waals surface area contributed by atoms with Crippen molar-refractivity contribution in [3.8, 4) is 0 Å². The highest BCUT2D eigenvalue weighted by atomic mass is 35.5. The van der Waals surface area contributed by atoms with Crippen LogP contribution in [-0.2, 0) is 11.3 Å². The molecule has 0 radical (unpaired) electrons. The van der Waals surface area contributed by atoms with Gasteiger partial charge in [0.05, 0.1) is 4.75 Å². The van der Waals surface area contributed by atoms with Gasteiger partial charge in [0.25, 0.3) is 0 Å². The van der Waals surface area contributed by atoms with Gasteiger partial charge >= 0.3 is 0 Å². The Hall–Kier alpha value is -0.870. The third-order valence-electron chi connectivity index (χ3n) is 3.50. The molecule has 1 amide bonds. The zero-order valence-electron chi connectivity index (χ0n) is 11.3. The summed E-state index contributed by atoms with van der Waals surface area (Å²) in [5, 5.41) is 0.651. The second-order valence-electron chi connectivity index (χ2n) is 5.19. The Bertz CT molecular complexity index is 486. The molecule has 0 spiro atoms. The van der Waals surface area contributed by atoms with Gasteiger partial charge in [-0.1, -0.05) is 11.6 Å². The summed E-state index contributed by atoms with van der Waals surface area (Å²) in [4.78, 5) is 14.2. The average molecular weight is 299 g/mol. The molecule has 1 fully saturated rings. The summed E-state index contributed by atoms with van der Waals surface area (Å²) in [6.45, 7) is 2.53. The van der Waals surface area contributed by atoms with E-state index in [0.717, 1.165) is 24.2 Å². The normalized spacial score (nSPS) is 22.5. The molecule has 19 heavy (non-hydrogen) atoms. The van der Waals surface area contributed by atoms with Crippen LogP contribution >= 0.6 is 23.4 Å². The highest BCUT2D eigenvalue weighted by molar-refractivity contribution is 8.01. The van der Waals surface area contributed by atoms with Gasteiger partial charge in [-0.2, -0.15) is 0 Å². The number of anilines is 1. The zero-order valence-corrected chi connectivity index (χ0v) is 12.9. The summed E-state index contributed by atoms with van der Waals surface area (Å²) in [5.41, 5.74) is 7.32. The molecule has 0 bridgehead atoms. The Morgan fingerprint density at radius 3 is 2.95 bits per heavy atom. The van der Waals surface area contributed by atoms with E-state index in [2.05, 4.69) is 0 Å². The van der Waals surface area contributed by atoms with Gasteiger partial charge in [-0.3, -0.25) is 4.79 Å². The van der Waals surface area contributed by atoms with E-state index in [-0.39, 0.29) is 10.7 Å². The van der Waals surface area contributed by atoms with Gasteiger partial charge in [-0.25, -0.2) is 0 Å². The molecule has 0 aliphatic carbocycles. The number of hydrogen-bond donors (Lipinski definition) is 1. The highest BCUT2D eigenvalue weighted by Crippen LogP contribution is 2.39. The number of nitrogens with two attached hydrogens (primary N) is 1. The molecule has 1 aromatic carbocycles. The van der Waals surface area contributed by atoms with Crippen molar-refractivity contribution in [2.24, 2.45) is 0 Å². The van der Waals surface area contributed by atoms with Crippen LogP contribution in [0.3, 0.4) is 0 Å². The van der Waals surface area contributed by atoms with Crippen molar-refractivity contribution in [3.05, 3.63) is 28.8 Å². The number of hydrogen-bond acceptors (Lipinski definition) is 3. The smallest absolute Gasteiger partial charge is 0.238 e. The van der Waals surface area contributed by atoms with E-state index in [0.29, 0.717) is 17.3 Å². The van der Waals surface area contributed by atoms with Crippen LogP contribution in [0.15, 0.2) is 18.2 Å². The number of carbonyl (C=O) groups is 1. The lowest BCUT2D eigenvalue weighted by molar-refractivity contribution is -0.132. The van der Waals surface area contributed by atoms with Crippen molar-refractivity contribution < 1.29 is 4.79 Å². The number of nitrogens with zero attached hydrogens (tertiary/aromatic N) is 1. The number of halogens is 1. The predicted molar refractivity (Wildman–Crippen MR) is 82.4 cm³/mol. The Balaban J connectivity index is 2.10. The summed E-state index contributed by atoms with van der Waals surface area (Å²) in [6, 6.07) is 5.37. The quantitative estimate of drug-likeness (QED) is 0.872. The van der Waals surface area contributed by atoms with E-state index in [1.807, 2.05) is 20.0 Å². The Labute approximate surface area is 123 Å². The first kappa shape index (κ1) is 14.5. The van der Waals surface area contributed by atoms with Gasteiger partial charge in [0.2, 0.25) is 5.91 Å². The number of thioether (sulfide) groups is 1. The molecule has 1 aliphatic heterocycles. The predicted octanol–water partition coefficient (Wildman–Crippen LogP) is 3.17. The summed E-state index contributed by atoms with van der Waals surface area (Å²) in [6.07, 6.45) is 2.06. The van der Waals surface area contributed by atoms with Crippen molar-refractivity contribution in [2.45, 2.75) is 31.1 Å². The maximum atomic E-state index is 12.5. The van der Waals surface area contributed by atoms with Gasteiger partial charge in [0.1, 0.15) is 0 Å². The van der Waals surface area contributed by atoms with Crippen molar-refractivity contribution in [2.75, 3.05) is 18.5 Å². The van der Waals surface area contributed by atoms with E-state index >= 15 is 0 Å². The van der Waals surface area contributed by atoms with Crippen LogP contribution < -0.4 is 5.73 Å². The maximum Gasteiger partial charge on any atom is 0.238 e. The first-order valence-electron chi connectivity index (χ1n) is 6.36. The minimum absolute atomic E-state index is 0.175. The SMILES string of the molecule is CN(Cc1cc(N)ccc1Cl)C(=O)C1(C)CCCS1. The highest BCUT2D eigenvalue weighted by Gasteiger charge is 2.39. The molecule has 1 aliphatic rings. The van der Waals surface area contributed by atoms with Crippen LogP contribution in [0.1, 0.15) is 25.3 Å². The van der Waals surface area contributed by atoms with Crippen molar-refractivity contribution in [1.82, 2.24) is 4.90 Å². The standard InChI is InChI=1S/C14H19ClN2OS/c1-14(6-3-7-19-14)13(18)17(2)9-10-8-11(16)4-5-12(10)15/h4-5,8H,3,6-7,9,16H2,1-2H3. The fourth-order valence-electron chi connectivity index (χ4n) is 2.39. The monoisotopic (exact) mass is 298 g/mol. The molecule has 5 heteroatoms. The minimum Gasteiger partial charge on any atom is -0.399 e. The molecule has 1 unspecified atom stereocenters. The number of benzene rings is 1. The van der Waals surface area contributed by atoms with Crippen molar-refractivity contribution >= 4 is 35.0 Å². The Kier molecular flexibility index (Phi) is 4.31. The molecule has 104 valence electrons. The van der Waals surface area contributed by atoms with Crippen LogP contribution in [0.2, 0.25) is 5.02 Å². The molecule has 2 rings (SSSR count). The molecular formula is C14H19ClN2OS. The van der Waals surface area contributed by atoms with Gasteiger partial charge < -0.3 is 10.6 Å². The molecule has 1 atom stereocenters. The van der Waals surface area contributed by atoms with Crippen molar-refractivity contribution in [1.29, 1.82) is 0 Å². The molecule has 2 N–H and O–H groups in total. The van der Waals surface area contributed by atoms with Crippen LogP contribution in [0.4, 0.5) is 5.69 Å². The lowest BCUT2D eigenvalue weighted by atomic mass is 10.0. The van der Waals surface area contributed by atoms with Crippen LogP contribution in [0, 0.1) is 0 Å².